The van der Waals surface area contributed by atoms with Crippen molar-refractivity contribution in [2.24, 2.45) is 11.8 Å². The maximum atomic E-state index is 10.3. The van der Waals surface area contributed by atoms with E-state index in [1.165, 1.54) is 0 Å². The summed E-state index contributed by atoms with van der Waals surface area (Å²) in [4.78, 5) is 4.40. The summed E-state index contributed by atoms with van der Waals surface area (Å²) in [6, 6.07) is 0. The van der Waals surface area contributed by atoms with Gasteiger partial charge in [-0.25, -0.2) is 4.89 Å². The van der Waals surface area contributed by atoms with E-state index in [-0.39, 0.29) is 6.42 Å². The molecule has 19 heavy (non-hydrogen) atoms. The first-order valence-corrected chi connectivity index (χ1v) is 6.85. The van der Waals surface area contributed by atoms with Gasteiger partial charge < -0.3 is 10.2 Å². The summed E-state index contributed by atoms with van der Waals surface area (Å²) in [6.07, 6.45) is 3.72. The lowest BCUT2D eigenvalue weighted by atomic mass is 9.83. The molecular weight excluding hydrogens is 244 g/mol. The number of hydrogen-bond donors (Lipinski definition) is 3. The molecule has 0 fully saturated rings. The van der Waals surface area contributed by atoms with E-state index in [1.807, 2.05) is 6.08 Å². The quantitative estimate of drug-likeness (QED) is 0.410. The zero-order valence-electron chi connectivity index (χ0n) is 12.0. The maximum absolute atomic E-state index is 10.3. The Morgan fingerprint density at radius 2 is 2.11 bits per heavy atom. The molecule has 0 heterocycles. The predicted molar refractivity (Wildman–Crippen MR) is 74.6 cm³/mol. The Labute approximate surface area is 115 Å². The summed E-state index contributed by atoms with van der Waals surface area (Å²) in [5.41, 5.74) is -0.583. The number of hydrogen-bond acceptors (Lipinski definition) is 4. The monoisotopic (exact) mass is 270 g/mol. The van der Waals surface area contributed by atoms with Gasteiger partial charge in [-0.15, -0.1) is 0 Å². The van der Waals surface area contributed by atoms with E-state index in [0.717, 1.165) is 18.4 Å². The molecular formula is C15H26O4. The van der Waals surface area contributed by atoms with Crippen LogP contribution in [-0.2, 0) is 4.89 Å². The fourth-order valence-electron chi connectivity index (χ4n) is 2.32. The Morgan fingerprint density at radius 1 is 1.47 bits per heavy atom. The largest absolute Gasteiger partial charge is 0.390 e. The molecule has 0 aromatic rings. The van der Waals surface area contributed by atoms with Gasteiger partial charge in [-0.05, 0) is 37.2 Å². The third-order valence-electron chi connectivity index (χ3n) is 4.03. The van der Waals surface area contributed by atoms with Crippen molar-refractivity contribution in [3.8, 4) is 0 Å². The van der Waals surface area contributed by atoms with Crippen molar-refractivity contribution >= 4 is 0 Å². The zero-order chi connectivity index (χ0) is 14.6. The van der Waals surface area contributed by atoms with Crippen LogP contribution in [0.1, 0.15) is 40.0 Å². The van der Waals surface area contributed by atoms with Crippen LogP contribution in [0, 0.1) is 11.8 Å². The van der Waals surface area contributed by atoms with Gasteiger partial charge in [-0.2, -0.15) is 0 Å². The van der Waals surface area contributed by atoms with Crippen LogP contribution in [0.2, 0.25) is 0 Å². The molecule has 0 radical (unpaired) electrons. The minimum absolute atomic E-state index is 0.124. The molecule has 0 spiro atoms. The molecule has 110 valence electrons. The van der Waals surface area contributed by atoms with Gasteiger partial charge in [0.15, 0.2) is 0 Å². The van der Waals surface area contributed by atoms with Crippen LogP contribution in [-0.4, -0.2) is 33.3 Å². The summed E-state index contributed by atoms with van der Waals surface area (Å²) >= 11 is 0. The molecule has 1 rings (SSSR count). The first-order chi connectivity index (χ1) is 8.77. The van der Waals surface area contributed by atoms with Gasteiger partial charge in [0.2, 0.25) is 0 Å². The molecule has 0 amide bonds. The van der Waals surface area contributed by atoms with Crippen molar-refractivity contribution in [2.75, 3.05) is 0 Å². The minimum atomic E-state index is -1.33. The van der Waals surface area contributed by atoms with Crippen LogP contribution in [0.4, 0.5) is 0 Å². The standard InChI is InChI=1S/C15H26O4/c1-10(2)12-6-5-11(3)13(19-18)9-14(16)15(4,17)8-7-12/h7-8,10,12-14,16-18H,3,5-6,9H2,1-2,4H3. The molecule has 0 bridgehead atoms. The smallest absolute Gasteiger partial charge is 0.116 e. The number of rotatable bonds is 2. The van der Waals surface area contributed by atoms with Crippen LogP contribution >= 0.6 is 0 Å². The fourth-order valence-corrected chi connectivity index (χ4v) is 2.32. The van der Waals surface area contributed by atoms with Crippen LogP contribution in [0.3, 0.4) is 0 Å². The van der Waals surface area contributed by atoms with E-state index in [4.69, 9.17) is 5.26 Å². The second kappa shape index (κ2) is 6.66. The lowest BCUT2D eigenvalue weighted by Crippen LogP contribution is -2.40. The average molecular weight is 270 g/mol. The van der Waals surface area contributed by atoms with Crippen molar-refractivity contribution in [3.63, 3.8) is 0 Å². The summed E-state index contributed by atoms with van der Waals surface area (Å²) in [7, 11) is 0. The van der Waals surface area contributed by atoms with Gasteiger partial charge in [0.05, 0.1) is 6.10 Å². The van der Waals surface area contributed by atoms with E-state index >= 15 is 0 Å². The predicted octanol–water partition coefficient (Wildman–Crippen LogP) is 2.53. The topological polar surface area (TPSA) is 69.9 Å². The molecule has 4 heteroatoms. The van der Waals surface area contributed by atoms with Gasteiger partial charge >= 0.3 is 0 Å². The molecule has 0 aromatic carbocycles. The molecule has 4 unspecified atom stereocenters. The summed E-state index contributed by atoms with van der Waals surface area (Å²) in [6.45, 7) is 9.71. The summed E-state index contributed by atoms with van der Waals surface area (Å²) in [5.74, 6) is 0.734. The highest BCUT2D eigenvalue weighted by Crippen LogP contribution is 2.29. The third kappa shape index (κ3) is 4.42. The molecule has 0 aromatic heterocycles. The van der Waals surface area contributed by atoms with Gasteiger partial charge in [0.1, 0.15) is 11.7 Å². The second-order valence-electron chi connectivity index (χ2n) is 6.04. The lowest BCUT2D eigenvalue weighted by molar-refractivity contribution is -0.275. The van der Waals surface area contributed by atoms with Crippen LogP contribution in [0.25, 0.3) is 0 Å². The number of aliphatic hydroxyl groups is 2. The van der Waals surface area contributed by atoms with E-state index in [9.17, 15) is 10.2 Å². The number of aliphatic hydroxyl groups excluding tert-OH is 1. The van der Waals surface area contributed by atoms with Crippen molar-refractivity contribution in [1.82, 2.24) is 0 Å². The zero-order valence-corrected chi connectivity index (χ0v) is 12.0. The van der Waals surface area contributed by atoms with Crippen LogP contribution in [0.15, 0.2) is 24.3 Å². The Hall–Kier alpha value is -0.680. The highest BCUT2D eigenvalue weighted by molar-refractivity contribution is 5.11. The van der Waals surface area contributed by atoms with Gasteiger partial charge in [0, 0.05) is 6.42 Å². The molecule has 4 atom stereocenters. The van der Waals surface area contributed by atoms with Crippen molar-refractivity contribution in [1.29, 1.82) is 0 Å². The minimum Gasteiger partial charge on any atom is -0.390 e. The molecule has 1 aliphatic carbocycles. The molecule has 0 saturated carbocycles. The third-order valence-corrected chi connectivity index (χ3v) is 4.03. The Kier molecular flexibility index (Phi) is 5.74. The van der Waals surface area contributed by atoms with Crippen LogP contribution < -0.4 is 0 Å². The first-order valence-electron chi connectivity index (χ1n) is 6.85. The fraction of sp³-hybridized carbons (Fsp3) is 0.733. The van der Waals surface area contributed by atoms with Crippen molar-refractivity contribution in [3.05, 3.63) is 24.3 Å². The van der Waals surface area contributed by atoms with Gasteiger partial charge in [-0.3, -0.25) is 5.26 Å². The lowest BCUT2D eigenvalue weighted by Gasteiger charge is -2.31. The molecule has 4 nitrogen and oxygen atoms in total. The highest BCUT2D eigenvalue weighted by Gasteiger charge is 2.32. The normalized spacial score (nSPS) is 37.6. The molecule has 1 aliphatic rings. The van der Waals surface area contributed by atoms with E-state index in [2.05, 4.69) is 25.3 Å². The van der Waals surface area contributed by atoms with E-state index in [0.29, 0.717) is 11.8 Å². The second-order valence-corrected chi connectivity index (χ2v) is 6.04. The van der Waals surface area contributed by atoms with Gasteiger partial charge in [-0.1, -0.05) is 32.6 Å². The Bertz CT molecular complexity index is 333. The molecule has 0 saturated heterocycles. The van der Waals surface area contributed by atoms with E-state index < -0.39 is 17.8 Å². The average Bonchev–Trinajstić information content (AvgIpc) is 2.33. The highest BCUT2D eigenvalue weighted by atomic mass is 17.1. The first kappa shape index (κ1) is 16.4. The maximum Gasteiger partial charge on any atom is 0.116 e. The Balaban J connectivity index is 2.99. The van der Waals surface area contributed by atoms with Crippen molar-refractivity contribution < 1.29 is 20.4 Å². The van der Waals surface area contributed by atoms with E-state index in [1.54, 1.807) is 13.0 Å². The summed E-state index contributed by atoms with van der Waals surface area (Å²) in [5, 5.41) is 29.3. The number of allylic oxidation sites excluding steroid dienone is 1. The SMILES string of the molecule is C=C1CCC(C(C)C)C=CC(C)(O)C(O)CC1OO. The Morgan fingerprint density at radius 3 is 2.63 bits per heavy atom. The van der Waals surface area contributed by atoms with Gasteiger partial charge in [0.25, 0.3) is 0 Å². The molecule has 0 aliphatic heterocycles. The summed E-state index contributed by atoms with van der Waals surface area (Å²) < 4.78 is 0. The molecule has 3 N–H and O–H groups in total. The van der Waals surface area contributed by atoms with Crippen molar-refractivity contribution in [2.45, 2.75) is 57.8 Å². The van der Waals surface area contributed by atoms with Crippen LogP contribution in [0.5, 0.6) is 0 Å².